The maximum atomic E-state index is 10.9. The van der Waals surface area contributed by atoms with Gasteiger partial charge in [0, 0.05) is 12.1 Å². The molecule has 0 spiro atoms. The summed E-state index contributed by atoms with van der Waals surface area (Å²) in [5, 5.41) is 0. The fourth-order valence-corrected chi connectivity index (χ4v) is 1.13. The maximum absolute atomic E-state index is 10.9. The van der Waals surface area contributed by atoms with E-state index in [1.54, 1.807) is 32.2 Å². The van der Waals surface area contributed by atoms with Crippen molar-refractivity contribution in [2.45, 2.75) is 13.3 Å². The van der Waals surface area contributed by atoms with E-state index in [9.17, 15) is 4.79 Å². The average Bonchev–Trinajstić information content (AvgIpc) is 2.08. The molecule has 0 aliphatic rings. The molecule has 0 heterocycles. The number of benzene rings is 1. The Kier molecular flexibility index (Phi) is 2.90. The van der Waals surface area contributed by atoms with Gasteiger partial charge in [-0.15, -0.1) is 0 Å². The SMILES string of the molecule is COc1ccc(N)c(CC(C)=O)c1. The van der Waals surface area contributed by atoms with Crippen LogP contribution < -0.4 is 10.5 Å². The van der Waals surface area contributed by atoms with E-state index in [0.717, 1.165) is 11.3 Å². The minimum atomic E-state index is 0.0972. The summed E-state index contributed by atoms with van der Waals surface area (Å²) >= 11 is 0. The van der Waals surface area contributed by atoms with Crippen molar-refractivity contribution in [3.63, 3.8) is 0 Å². The van der Waals surface area contributed by atoms with Gasteiger partial charge < -0.3 is 10.5 Å². The standard InChI is InChI=1S/C10H13NO2/c1-7(12)5-8-6-9(13-2)3-4-10(8)11/h3-4,6H,5,11H2,1-2H3. The first-order chi connectivity index (χ1) is 6.13. The van der Waals surface area contributed by atoms with Crippen molar-refractivity contribution in [3.05, 3.63) is 23.8 Å². The molecule has 0 unspecified atom stereocenters. The van der Waals surface area contributed by atoms with E-state index >= 15 is 0 Å². The average molecular weight is 179 g/mol. The lowest BCUT2D eigenvalue weighted by molar-refractivity contribution is -0.116. The van der Waals surface area contributed by atoms with E-state index < -0.39 is 0 Å². The van der Waals surface area contributed by atoms with Gasteiger partial charge in [-0.25, -0.2) is 0 Å². The Morgan fingerprint density at radius 1 is 1.54 bits per heavy atom. The van der Waals surface area contributed by atoms with Crippen LogP contribution in [-0.2, 0) is 11.2 Å². The van der Waals surface area contributed by atoms with Gasteiger partial charge in [-0.2, -0.15) is 0 Å². The minimum Gasteiger partial charge on any atom is -0.497 e. The second-order valence-corrected chi connectivity index (χ2v) is 2.94. The van der Waals surface area contributed by atoms with Crippen molar-refractivity contribution >= 4 is 11.5 Å². The third-order valence-corrected chi connectivity index (χ3v) is 1.79. The zero-order valence-electron chi connectivity index (χ0n) is 7.83. The fraction of sp³-hybridized carbons (Fsp3) is 0.300. The molecule has 13 heavy (non-hydrogen) atoms. The Hall–Kier alpha value is -1.51. The number of anilines is 1. The molecule has 0 radical (unpaired) electrons. The zero-order valence-corrected chi connectivity index (χ0v) is 7.83. The predicted molar refractivity (Wildman–Crippen MR) is 51.8 cm³/mol. The third kappa shape index (κ3) is 2.47. The predicted octanol–water partition coefficient (Wildman–Crippen LogP) is 1.41. The summed E-state index contributed by atoms with van der Waals surface area (Å²) in [6.07, 6.45) is 0.364. The first-order valence-corrected chi connectivity index (χ1v) is 4.05. The van der Waals surface area contributed by atoms with Crippen LogP contribution >= 0.6 is 0 Å². The number of carbonyl (C=O) groups is 1. The topological polar surface area (TPSA) is 52.3 Å². The van der Waals surface area contributed by atoms with Crippen LogP contribution in [0.1, 0.15) is 12.5 Å². The van der Waals surface area contributed by atoms with Gasteiger partial charge in [0.2, 0.25) is 0 Å². The maximum Gasteiger partial charge on any atom is 0.134 e. The lowest BCUT2D eigenvalue weighted by Gasteiger charge is -2.05. The largest absolute Gasteiger partial charge is 0.497 e. The highest BCUT2D eigenvalue weighted by molar-refractivity contribution is 5.80. The Morgan fingerprint density at radius 2 is 2.23 bits per heavy atom. The highest BCUT2D eigenvalue weighted by atomic mass is 16.5. The number of nitrogen functional groups attached to an aromatic ring is 1. The molecule has 0 saturated heterocycles. The van der Waals surface area contributed by atoms with Crippen molar-refractivity contribution in [1.82, 2.24) is 0 Å². The Morgan fingerprint density at radius 3 is 2.77 bits per heavy atom. The Balaban J connectivity index is 2.96. The number of ketones is 1. The van der Waals surface area contributed by atoms with Crippen LogP contribution in [0.15, 0.2) is 18.2 Å². The van der Waals surface area contributed by atoms with Crippen LogP contribution in [0.5, 0.6) is 5.75 Å². The summed E-state index contributed by atoms with van der Waals surface area (Å²) in [5.41, 5.74) is 7.15. The first kappa shape index (κ1) is 9.58. The zero-order chi connectivity index (χ0) is 9.84. The summed E-state index contributed by atoms with van der Waals surface area (Å²) < 4.78 is 5.02. The molecule has 0 aliphatic heterocycles. The smallest absolute Gasteiger partial charge is 0.134 e. The van der Waals surface area contributed by atoms with E-state index in [4.69, 9.17) is 10.5 Å². The molecular weight excluding hydrogens is 166 g/mol. The van der Waals surface area contributed by atoms with Gasteiger partial charge in [-0.05, 0) is 30.7 Å². The van der Waals surface area contributed by atoms with Gasteiger partial charge in [0.15, 0.2) is 0 Å². The number of Topliss-reactive ketones (excluding diaryl/α,β-unsaturated/α-hetero) is 1. The van der Waals surface area contributed by atoms with Crippen LogP contribution in [0.4, 0.5) is 5.69 Å². The van der Waals surface area contributed by atoms with E-state index in [-0.39, 0.29) is 5.78 Å². The molecule has 1 aromatic carbocycles. The second kappa shape index (κ2) is 3.94. The quantitative estimate of drug-likeness (QED) is 0.714. The van der Waals surface area contributed by atoms with Crippen molar-refractivity contribution in [2.75, 3.05) is 12.8 Å². The molecule has 0 bridgehead atoms. The highest BCUT2D eigenvalue weighted by Crippen LogP contribution is 2.19. The van der Waals surface area contributed by atoms with E-state index in [2.05, 4.69) is 0 Å². The lowest BCUT2D eigenvalue weighted by atomic mass is 10.1. The molecule has 0 atom stereocenters. The highest BCUT2D eigenvalue weighted by Gasteiger charge is 2.03. The third-order valence-electron chi connectivity index (χ3n) is 1.79. The summed E-state index contributed by atoms with van der Waals surface area (Å²) in [4.78, 5) is 10.9. The summed E-state index contributed by atoms with van der Waals surface area (Å²) in [6, 6.07) is 5.31. The number of hydrogen-bond donors (Lipinski definition) is 1. The monoisotopic (exact) mass is 179 g/mol. The van der Waals surface area contributed by atoms with Crippen molar-refractivity contribution in [3.8, 4) is 5.75 Å². The number of nitrogens with two attached hydrogens (primary N) is 1. The molecule has 1 aromatic rings. The molecule has 0 fully saturated rings. The van der Waals surface area contributed by atoms with E-state index in [1.165, 1.54) is 0 Å². The Bertz CT molecular complexity index is 321. The minimum absolute atomic E-state index is 0.0972. The van der Waals surface area contributed by atoms with E-state index in [0.29, 0.717) is 12.1 Å². The van der Waals surface area contributed by atoms with Gasteiger partial charge >= 0.3 is 0 Å². The molecule has 0 saturated carbocycles. The molecule has 3 heteroatoms. The summed E-state index contributed by atoms with van der Waals surface area (Å²) in [6.45, 7) is 1.54. The van der Waals surface area contributed by atoms with Crippen LogP contribution in [0, 0.1) is 0 Å². The van der Waals surface area contributed by atoms with Crippen molar-refractivity contribution in [1.29, 1.82) is 0 Å². The van der Waals surface area contributed by atoms with Gasteiger partial charge in [-0.1, -0.05) is 0 Å². The van der Waals surface area contributed by atoms with Gasteiger partial charge in [-0.3, -0.25) is 4.79 Å². The molecule has 1 rings (SSSR count). The molecular formula is C10H13NO2. The normalized spacial score (nSPS) is 9.69. The molecule has 0 aliphatic carbocycles. The van der Waals surface area contributed by atoms with Crippen LogP contribution in [0.25, 0.3) is 0 Å². The molecule has 0 amide bonds. The van der Waals surface area contributed by atoms with Crippen LogP contribution in [0.3, 0.4) is 0 Å². The van der Waals surface area contributed by atoms with Crippen LogP contribution in [0.2, 0.25) is 0 Å². The first-order valence-electron chi connectivity index (χ1n) is 4.05. The molecule has 0 aromatic heterocycles. The second-order valence-electron chi connectivity index (χ2n) is 2.94. The number of rotatable bonds is 3. The number of carbonyl (C=O) groups excluding carboxylic acids is 1. The molecule has 2 N–H and O–H groups in total. The van der Waals surface area contributed by atoms with Crippen molar-refractivity contribution < 1.29 is 9.53 Å². The fourth-order valence-electron chi connectivity index (χ4n) is 1.13. The summed E-state index contributed by atoms with van der Waals surface area (Å²) in [5.74, 6) is 0.824. The summed E-state index contributed by atoms with van der Waals surface area (Å²) in [7, 11) is 1.59. The molecule has 70 valence electrons. The lowest BCUT2D eigenvalue weighted by Crippen LogP contribution is -2.01. The molecule has 3 nitrogen and oxygen atoms in total. The van der Waals surface area contributed by atoms with Crippen molar-refractivity contribution in [2.24, 2.45) is 0 Å². The van der Waals surface area contributed by atoms with Gasteiger partial charge in [0.1, 0.15) is 11.5 Å². The van der Waals surface area contributed by atoms with Gasteiger partial charge in [0.05, 0.1) is 7.11 Å². The number of methoxy groups -OCH3 is 1. The number of hydrogen-bond acceptors (Lipinski definition) is 3. The number of ether oxygens (including phenoxy) is 1. The Labute approximate surface area is 77.5 Å². The van der Waals surface area contributed by atoms with Crippen LogP contribution in [-0.4, -0.2) is 12.9 Å². The van der Waals surface area contributed by atoms with E-state index in [1.807, 2.05) is 0 Å². The van der Waals surface area contributed by atoms with Gasteiger partial charge in [0.25, 0.3) is 0 Å².